The third-order valence-corrected chi connectivity index (χ3v) is 4.08. The fourth-order valence-electron chi connectivity index (χ4n) is 2.73. The third kappa shape index (κ3) is 3.74. The van der Waals surface area contributed by atoms with Crippen LogP contribution in [0.2, 0.25) is 0 Å². The van der Waals surface area contributed by atoms with Crippen LogP contribution in [0.1, 0.15) is 57.4 Å². The van der Waals surface area contributed by atoms with Crippen molar-refractivity contribution in [3.63, 3.8) is 0 Å². The van der Waals surface area contributed by atoms with Crippen molar-refractivity contribution in [2.24, 2.45) is 0 Å². The number of nitrogens with zero attached hydrogens (tertiary/aromatic N) is 2. The Hall–Kier alpha value is -1.52. The van der Waals surface area contributed by atoms with E-state index in [0.29, 0.717) is 32.1 Å². The third-order valence-electron chi connectivity index (χ3n) is 4.08. The number of halogens is 1. The Morgan fingerprint density at radius 3 is 2.60 bits per heavy atom. The predicted octanol–water partition coefficient (Wildman–Crippen LogP) is 2.76. The standard InChI is InChI=1S/C15H22FN3O/c1-3-13(11-8-17-10-18-9-11)14(20)19-12-4-6-15(2,16)7-5-12/h8-10,12-13H,3-7H2,1-2H3,(H,19,20). The van der Waals surface area contributed by atoms with Gasteiger partial charge in [0, 0.05) is 24.0 Å². The van der Waals surface area contributed by atoms with Crippen molar-refractivity contribution in [3.05, 3.63) is 24.3 Å². The summed E-state index contributed by atoms with van der Waals surface area (Å²) in [6.45, 7) is 3.61. The van der Waals surface area contributed by atoms with E-state index in [2.05, 4.69) is 15.3 Å². The highest BCUT2D eigenvalue weighted by molar-refractivity contribution is 5.83. The molecule has 1 fully saturated rings. The Labute approximate surface area is 119 Å². The molecule has 2 rings (SSSR count). The molecule has 5 heteroatoms. The first-order chi connectivity index (χ1) is 9.52. The zero-order valence-electron chi connectivity index (χ0n) is 12.1. The molecule has 1 N–H and O–H groups in total. The second-order valence-electron chi connectivity index (χ2n) is 5.83. The van der Waals surface area contributed by atoms with E-state index in [0.717, 1.165) is 5.56 Å². The average molecular weight is 279 g/mol. The fourth-order valence-corrected chi connectivity index (χ4v) is 2.73. The average Bonchev–Trinajstić information content (AvgIpc) is 2.43. The van der Waals surface area contributed by atoms with Gasteiger partial charge in [-0.25, -0.2) is 14.4 Å². The second kappa shape index (κ2) is 6.29. The molecule has 0 spiro atoms. The number of carbonyl (C=O) groups is 1. The van der Waals surface area contributed by atoms with Crippen molar-refractivity contribution in [2.75, 3.05) is 0 Å². The number of hydrogen-bond acceptors (Lipinski definition) is 3. The molecule has 0 bridgehead atoms. The largest absolute Gasteiger partial charge is 0.353 e. The van der Waals surface area contributed by atoms with Gasteiger partial charge in [0.05, 0.1) is 5.92 Å². The molecule has 0 aliphatic heterocycles. The lowest BCUT2D eigenvalue weighted by Gasteiger charge is -2.32. The first kappa shape index (κ1) is 14.9. The van der Waals surface area contributed by atoms with E-state index in [9.17, 15) is 9.18 Å². The molecular formula is C15H22FN3O. The maximum atomic E-state index is 13.7. The number of rotatable bonds is 4. The molecule has 20 heavy (non-hydrogen) atoms. The van der Waals surface area contributed by atoms with Crippen molar-refractivity contribution < 1.29 is 9.18 Å². The number of aromatic nitrogens is 2. The van der Waals surface area contributed by atoms with Crippen molar-refractivity contribution >= 4 is 5.91 Å². The molecule has 1 atom stereocenters. The van der Waals surface area contributed by atoms with E-state index in [1.165, 1.54) is 6.33 Å². The number of alkyl halides is 1. The van der Waals surface area contributed by atoms with Crippen LogP contribution >= 0.6 is 0 Å². The van der Waals surface area contributed by atoms with Crippen LogP contribution in [0, 0.1) is 0 Å². The maximum absolute atomic E-state index is 13.7. The molecule has 1 aliphatic rings. The summed E-state index contributed by atoms with van der Waals surface area (Å²) in [5.41, 5.74) is -0.239. The summed E-state index contributed by atoms with van der Waals surface area (Å²) in [5, 5.41) is 3.04. The number of hydrogen-bond donors (Lipinski definition) is 1. The van der Waals surface area contributed by atoms with E-state index in [4.69, 9.17) is 0 Å². The molecule has 4 nitrogen and oxygen atoms in total. The van der Waals surface area contributed by atoms with Crippen LogP contribution in [0.3, 0.4) is 0 Å². The highest BCUT2D eigenvalue weighted by atomic mass is 19.1. The first-order valence-electron chi connectivity index (χ1n) is 7.26. The van der Waals surface area contributed by atoms with Crippen LogP contribution < -0.4 is 5.32 Å². The highest BCUT2D eigenvalue weighted by Gasteiger charge is 2.32. The van der Waals surface area contributed by atoms with Gasteiger partial charge in [0.25, 0.3) is 0 Å². The topological polar surface area (TPSA) is 54.9 Å². The number of nitrogens with one attached hydrogen (secondary N) is 1. The van der Waals surface area contributed by atoms with Gasteiger partial charge in [-0.1, -0.05) is 6.92 Å². The Morgan fingerprint density at radius 1 is 1.45 bits per heavy atom. The molecule has 1 aliphatic carbocycles. The summed E-state index contributed by atoms with van der Waals surface area (Å²) in [4.78, 5) is 20.3. The van der Waals surface area contributed by atoms with Crippen LogP contribution in [0.5, 0.6) is 0 Å². The van der Waals surface area contributed by atoms with Gasteiger partial charge in [-0.05, 0) is 39.0 Å². The first-order valence-corrected chi connectivity index (χ1v) is 7.26. The quantitative estimate of drug-likeness (QED) is 0.922. The van der Waals surface area contributed by atoms with Gasteiger partial charge in [0.1, 0.15) is 12.0 Å². The molecule has 1 saturated carbocycles. The van der Waals surface area contributed by atoms with Crippen LogP contribution in [0.25, 0.3) is 0 Å². The zero-order chi connectivity index (χ0) is 14.6. The minimum absolute atomic E-state index is 0.00485. The molecule has 1 unspecified atom stereocenters. The van der Waals surface area contributed by atoms with Gasteiger partial charge in [0.2, 0.25) is 5.91 Å². The Morgan fingerprint density at radius 2 is 2.05 bits per heavy atom. The molecule has 0 saturated heterocycles. The molecular weight excluding hydrogens is 257 g/mol. The van der Waals surface area contributed by atoms with Crippen LogP contribution in [-0.4, -0.2) is 27.6 Å². The maximum Gasteiger partial charge on any atom is 0.227 e. The van der Waals surface area contributed by atoms with E-state index in [1.54, 1.807) is 19.3 Å². The summed E-state index contributed by atoms with van der Waals surface area (Å²) in [6, 6.07) is 0.0880. The predicted molar refractivity (Wildman–Crippen MR) is 75.0 cm³/mol. The monoisotopic (exact) mass is 279 g/mol. The summed E-state index contributed by atoms with van der Waals surface area (Å²) in [6.07, 6.45) is 7.97. The lowest BCUT2D eigenvalue weighted by Crippen LogP contribution is -2.42. The molecule has 1 heterocycles. The van der Waals surface area contributed by atoms with E-state index < -0.39 is 5.67 Å². The van der Waals surface area contributed by atoms with Gasteiger partial charge >= 0.3 is 0 Å². The Bertz CT molecular complexity index is 440. The van der Waals surface area contributed by atoms with Crippen molar-refractivity contribution in [1.29, 1.82) is 0 Å². The minimum Gasteiger partial charge on any atom is -0.353 e. The Kier molecular flexibility index (Phi) is 4.68. The summed E-state index contributed by atoms with van der Waals surface area (Å²) in [7, 11) is 0. The fraction of sp³-hybridized carbons (Fsp3) is 0.667. The van der Waals surface area contributed by atoms with Crippen LogP contribution in [0.15, 0.2) is 18.7 Å². The lowest BCUT2D eigenvalue weighted by molar-refractivity contribution is -0.123. The molecule has 1 aromatic rings. The van der Waals surface area contributed by atoms with E-state index >= 15 is 0 Å². The number of amides is 1. The summed E-state index contributed by atoms with van der Waals surface area (Å²) < 4.78 is 13.7. The SMILES string of the molecule is CCC(C(=O)NC1CCC(C)(F)CC1)c1cncnc1. The van der Waals surface area contributed by atoms with Crippen LogP contribution in [-0.2, 0) is 4.79 Å². The summed E-state index contributed by atoms with van der Waals surface area (Å²) in [5.74, 6) is -0.232. The second-order valence-corrected chi connectivity index (χ2v) is 5.83. The zero-order valence-corrected chi connectivity index (χ0v) is 12.1. The summed E-state index contributed by atoms with van der Waals surface area (Å²) >= 11 is 0. The van der Waals surface area contributed by atoms with Gasteiger partial charge in [-0.15, -0.1) is 0 Å². The van der Waals surface area contributed by atoms with E-state index in [-0.39, 0.29) is 17.9 Å². The molecule has 110 valence electrons. The normalized spacial score (nSPS) is 27.9. The van der Waals surface area contributed by atoms with Gasteiger partial charge in [-0.3, -0.25) is 4.79 Å². The molecule has 1 aromatic heterocycles. The van der Waals surface area contributed by atoms with Gasteiger partial charge in [-0.2, -0.15) is 0 Å². The van der Waals surface area contributed by atoms with Crippen molar-refractivity contribution in [1.82, 2.24) is 15.3 Å². The molecule has 0 aromatic carbocycles. The molecule has 0 radical (unpaired) electrons. The number of carbonyl (C=O) groups excluding carboxylic acids is 1. The van der Waals surface area contributed by atoms with Gasteiger partial charge < -0.3 is 5.32 Å². The minimum atomic E-state index is -1.07. The van der Waals surface area contributed by atoms with Crippen molar-refractivity contribution in [3.8, 4) is 0 Å². The van der Waals surface area contributed by atoms with E-state index in [1.807, 2.05) is 6.92 Å². The smallest absolute Gasteiger partial charge is 0.227 e. The highest BCUT2D eigenvalue weighted by Crippen LogP contribution is 2.31. The van der Waals surface area contributed by atoms with Crippen molar-refractivity contribution in [2.45, 2.75) is 63.6 Å². The van der Waals surface area contributed by atoms with Crippen LogP contribution in [0.4, 0.5) is 4.39 Å². The Balaban J connectivity index is 1.94. The van der Waals surface area contributed by atoms with Gasteiger partial charge in [0.15, 0.2) is 0 Å². The lowest BCUT2D eigenvalue weighted by atomic mass is 9.84. The molecule has 1 amide bonds.